The van der Waals surface area contributed by atoms with Crippen LogP contribution in [0.1, 0.15) is 48.8 Å². The Hall–Kier alpha value is -2.09. The Bertz CT molecular complexity index is 768. The molecule has 4 nitrogen and oxygen atoms in total. The third kappa shape index (κ3) is 5.04. The van der Waals surface area contributed by atoms with Gasteiger partial charge in [0.25, 0.3) is 0 Å². The molecule has 0 aliphatic carbocycles. The van der Waals surface area contributed by atoms with E-state index in [2.05, 4.69) is 46.3 Å². The fourth-order valence-corrected chi connectivity index (χ4v) is 4.31. The molecule has 1 atom stereocenters. The molecule has 2 bridgehead atoms. The van der Waals surface area contributed by atoms with Crippen molar-refractivity contribution in [3.05, 3.63) is 47.5 Å². The van der Waals surface area contributed by atoms with Gasteiger partial charge < -0.3 is 9.84 Å². The Morgan fingerprint density at radius 2 is 2.18 bits per heavy atom. The molecule has 1 N–H and O–H groups in total. The average Bonchev–Trinajstić information content (AvgIpc) is 2.71. The molecule has 3 aliphatic rings. The first-order chi connectivity index (χ1) is 13.5. The summed E-state index contributed by atoms with van der Waals surface area (Å²) in [6.07, 6.45) is 7.90. The van der Waals surface area contributed by atoms with E-state index < -0.39 is 5.60 Å². The maximum atomic E-state index is 11.2. The van der Waals surface area contributed by atoms with Gasteiger partial charge in [-0.15, -0.1) is 6.58 Å². The first kappa shape index (κ1) is 20.6. The lowest BCUT2D eigenvalue weighted by atomic mass is 9.75. The second-order valence-electron chi connectivity index (χ2n) is 7.99. The van der Waals surface area contributed by atoms with E-state index in [4.69, 9.17) is 0 Å². The number of esters is 1. The van der Waals surface area contributed by atoms with Gasteiger partial charge in [-0.25, -0.2) is 0 Å². The van der Waals surface area contributed by atoms with Crippen LogP contribution in [-0.2, 0) is 22.4 Å². The van der Waals surface area contributed by atoms with Crippen LogP contribution in [0.4, 0.5) is 0 Å². The van der Waals surface area contributed by atoms with E-state index in [1.807, 2.05) is 6.08 Å². The number of aliphatic hydroxyl groups is 1. The Balaban J connectivity index is 1.68. The fraction of sp³-hybridized carbons (Fsp3) is 0.542. The molecule has 0 spiro atoms. The number of ether oxygens (including phenoxy) is 1. The number of piperidine rings is 3. The van der Waals surface area contributed by atoms with Gasteiger partial charge in [-0.1, -0.05) is 30.0 Å². The summed E-state index contributed by atoms with van der Waals surface area (Å²) in [5.74, 6) is 6.63. The smallest absolute Gasteiger partial charge is 0.305 e. The monoisotopic (exact) mass is 381 g/mol. The van der Waals surface area contributed by atoms with Crippen LogP contribution in [0.25, 0.3) is 0 Å². The summed E-state index contributed by atoms with van der Waals surface area (Å²) in [5, 5.41) is 11.0. The highest BCUT2D eigenvalue weighted by Gasteiger charge is 2.44. The van der Waals surface area contributed by atoms with E-state index >= 15 is 0 Å². The summed E-state index contributed by atoms with van der Waals surface area (Å²) >= 11 is 0. The third-order valence-electron chi connectivity index (χ3n) is 6.00. The molecule has 4 heteroatoms. The highest BCUT2D eigenvalue weighted by molar-refractivity contribution is 5.68. The Morgan fingerprint density at radius 1 is 1.39 bits per heavy atom. The van der Waals surface area contributed by atoms with Gasteiger partial charge in [0.15, 0.2) is 0 Å². The van der Waals surface area contributed by atoms with Gasteiger partial charge in [-0.05, 0) is 68.8 Å². The van der Waals surface area contributed by atoms with E-state index in [0.717, 1.165) is 62.7 Å². The van der Waals surface area contributed by atoms with Crippen LogP contribution in [0.3, 0.4) is 0 Å². The van der Waals surface area contributed by atoms with Crippen molar-refractivity contribution in [1.82, 2.24) is 4.90 Å². The number of benzene rings is 1. The molecule has 1 unspecified atom stereocenters. The Labute approximate surface area is 168 Å². The van der Waals surface area contributed by atoms with Crippen molar-refractivity contribution >= 4 is 5.97 Å². The maximum Gasteiger partial charge on any atom is 0.305 e. The molecule has 4 rings (SSSR count). The summed E-state index contributed by atoms with van der Waals surface area (Å²) in [7, 11) is 1.43. The lowest BCUT2D eigenvalue weighted by Gasteiger charge is -2.47. The molecule has 0 aromatic heterocycles. The molecule has 1 aromatic rings. The molecular formula is C24H31NO3. The molecule has 0 radical (unpaired) electrons. The van der Waals surface area contributed by atoms with Crippen LogP contribution < -0.4 is 0 Å². The standard InChI is InChI=1S/C24H31NO3/c1-3-6-21-17-19(7-4-5-8-23(26)28-2)9-10-20(21)11-14-24(27)18-25-15-12-22(24)13-16-25/h3,9-10,17,22,27H,1,4-8,12-13,15-16,18H2,2H3. The molecule has 3 fully saturated rings. The number of carbonyl (C=O) groups is 1. The van der Waals surface area contributed by atoms with Gasteiger partial charge in [0, 0.05) is 24.4 Å². The number of rotatable bonds is 7. The predicted octanol–water partition coefficient (Wildman–Crippen LogP) is 3.11. The lowest BCUT2D eigenvalue weighted by Crippen LogP contribution is -2.58. The molecule has 150 valence electrons. The van der Waals surface area contributed by atoms with Gasteiger partial charge in [0.1, 0.15) is 5.60 Å². The zero-order chi connectivity index (χ0) is 20.0. The first-order valence-corrected chi connectivity index (χ1v) is 10.3. The summed E-state index contributed by atoms with van der Waals surface area (Å²) in [6.45, 7) is 6.71. The summed E-state index contributed by atoms with van der Waals surface area (Å²) in [5.41, 5.74) is 2.49. The molecule has 3 aliphatic heterocycles. The second-order valence-corrected chi connectivity index (χ2v) is 7.99. The van der Waals surface area contributed by atoms with Crippen molar-refractivity contribution in [2.45, 2.75) is 50.5 Å². The fourth-order valence-electron chi connectivity index (χ4n) is 4.31. The molecule has 1 aromatic carbocycles. The summed E-state index contributed by atoms with van der Waals surface area (Å²) in [4.78, 5) is 13.5. The molecule has 28 heavy (non-hydrogen) atoms. The third-order valence-corrected chi connectivity index (χ3v) is 6.00. The molecule has 3 saturated heterocycles. The van der Waals surface area contributed by atoms with Crippen molar-refractivity contribution in [3.8, 4) is 11.8 Å². The lowest BCUT2D eigenvalue weighted by molar-refractivity contribution is -0.140. The van der Waals surface area contributed by atoms with Crippen molar-refractivity contribution < 1.29 is 14.6 Å². The number of fused-ring (bicyclic) bond motifs is 3. The second kappa shape index (κ2) is 9.41. The number of hydrogen-bond donors (Lipinski definition) is 1. The van der Waals surface area contributed by atoms with Crippen LogP contribution in [-0.4, -0.2) is 48.3 Å². The normalized spacial score (nSPS) is 25.6. The quantitative estimate of drug-likeness (QED) is 0.341. The van der Waals surface area contributed by atoms with Crippen molar-refractivity contribution in [3.63, 3.8) is 0 Å². The van der Waals surface area contributed by atoms with E-state index in [1.54, 1.807) is 0 Å². The average molecular weight is 382 g/mol. The maximum absolute atomic E-state index is 11.2. The van der Waals surface area contributed by atoms with Crippen LogP contribution in [0.2, 0.25) is 0 Å². The minimum Gasteiger partial charge on any atom is -0.469 e. The van der Waals surface area contributed by atoms with Crippen LogP contribution in [0.15, 0.2) is 30.9 Å². The van der Waals surface area contributed by atoms with Crippen molar-refractivity contribution in [2.24, 2.45) is 5.92 Å². The minimum atomic E-state index is -0.880. The SMILES string of the molecule is C=CCc1cc(CCCCC(=O)OC)ccc1C#CC1(O)CN2CCC1CC2. The van der Waals surface area contributed by atoms with Gasteiger partial charge in [-0.3, -0.25) is 9.69 Å². The van der Waals surface area contributed by atoms with E-state index in [1.165, 1.54) is 12.7 Å². The van der Waals surface area contributed by atoms with Crippen molar-refractivity contribution in [2.75, 3.05) is 26.7 Å². The highest BCUT2D eigenvalue weighted by atomic mass is 16.5. The molecular weight excluding hydrogens is 350 g/mol. The van der Waals surface area contributed by atoms with Crippen LogP contribution in [0, 0.1) is 17.8 Å². The van der Waals surface area contributed by atoms with E-state index in [9.17, 15) is 9.90 Å². The van der Waals surface area contributed by atoms with Crippen molar-refractivity contribution in [1.29, 1.82) is 0 Å². The molecule has 0 amide bonds. The van der Waals surface area contributed by atoms with E-state index in [0.29, 0.717) is 18.9 Å². The van der Waals surface area contributed by atoms with Crippen LogP contribution >= 0.6 is 0 Å². The molecule has 0 saturated carbocycles. The van der Waals surface area contributed by atoms with Crippen LogP contribution in [0.5, 0.6) is 0 Å². The number of hydrogen-bond acceptors (Lipinski definition) is 4. The number of carbonyl (C=O) groups excluding carboxylic acids is 1. The zero-order valence-corrected chi connectivity index (χ0v) is 16.9. The van der Waals surface area contributed by atoms with E-state index in [-0.39, 0.29) is 5.97 Å². The number of aryl methyl sites for hydroxylation is 1. The zero-order valence-electron chi connectivity index (χ0n) is 16.9. The topological polar surface area (TPSA) is 49.8 Å². The van der Waals surface area contributed by atoms with Gasteiger partial charge >= 0.3 is 5.97 Å². The summed E-state index contributed by atoms with van der Waals surface area (Å²) in [6, 6.07) is 6.35. The highest BCUT2D eigenvalue weighted by Crippen LogP contribution is 2.35. The van der Waals surface area contributed by atoms with Gasteiger partial charge in [0.2, 0.25) is 0 Å². The largest absolute Gasteiger partial charge is 0.469 e. The first-order valence-electron chi connectivity index (χ1n) is 10.3. The number of unbranched alkanes of at least 4 members (excludes halogenated alkanes) is 1. The number of methoxy groups -OCH3 is 1. The number of allylic oxidation sites excluding steroid dienone is 1. The Kier molecular flexibility index (Phi) is 6.93. The Morgan fingerprint density at radius 3 is 2.82 bits per heavy atom. The predicted molar refractivity (Wildman–Crippen MR) is 111 cm³/mol. The minimum absolute atomic E-state index is 0.149. The van der Waals surface area contributed by atoms with Gasteiger partial charge in [-0.2, -0.15) is 0 Å². The number of nitrogens with zero attached hydrogens (tertiary/aromatic N) is 1. The summed E-state index contributed by atoms with van der Waals surface area (Å²) < 4.78 is 4.68. The van der Waals surface area contributed by atoms with Gasteiger partial charge in [0.05, 0.1) is 7.11 Å². The molecule has 3 heterocycles.